The Labute approximate surface area is 197 Å². The molecule has 0 amide bonds. The fraction of sp³-hybridized carbons (Fsp3) is 0.296. The van der Waals surface area contributed by atoms with Crippen molar-refractivity contribution in [1.82, 2.24) is 0 Å². The van der Waals surface area contributed by atoms with Gasteiger partial charge >= 0.3 is 5.97 Å². The monoisotopic (exact) mass is 499 g/mol. The van der Waals surface area contributed by atoms with Gasteiger partial charge < -0.3 is 5.11 Å². The summed E-state index contributed by atoms with van der Waals surface area (Å²) in [5.74, 6) is -0.924. The molecule has 1 atom stereocenters. The molecule has 2 nitrogen and oxygen atoms in total. The summed E-state index contributed by atoms with van der Waals surface area (Å²) < 4.78 is 0. The molecule has 3 aromatic carbocycles. The van der Waals surface area contributed by atoms with E-state index in [2.05, 4.69) is 91.0 Å². The zero-order valence-electron chi connectivity index (χ0n) is 18.2. The van der Waals surface area contributed by atoms with E-state index in [0.717, 1.165) is 38.3 Å². The van der Waals surface area contributed by atoms with Gasteiger partial charge in [-0.05, 0) is 55.7 Å². The Morgan fingerprint density at radius 3 is 1.48 bits per heavy atom. The predicted octanol–water partition coefficient (Wildman–Crippen LogP) is 6.23. The normalized spacial score (nSPS) is 12.0. The highest BCUT2D eigenvalue weighted by Crippen LogP contribution is 2.55. The molecule has 3 aromatic rings. The number of carboxylic acid groups (broad SMARTS) is 1. The van der Waals surface area contributed by atoms with Crippen LogP contribution in [-0.4, -0.2) is 17.2 Å². The standard InChI is InChI=1S/C27H31O2P.BrH/c1-23(27(28)29)15-7-2-3-14-22-30(24-16-8-4-9-17-24,25-18-10-5-11-19-25)26-20-12-6-13-21-26;/h4-6,8-13,16-21,23H,2-3,7,14-15,22H2,1H3;1H/p+1. The number of unbranched alkanes of at least 4 members (excludes halogenated alkanes) is 3. The first-order valence-electron chi connectivity index (χ1n) is 10.9. The van der Waals surface area contributed by atoms with Gasteiger partial charge in [0.2, 0.25) is 0 Å². The fourth-order valence-electron chi connectivity index (χ4n) is 4.16. The molecule has 164 valence electrons. The van der Waals surface area contributed by atoms with Crippen molar-refractivity contribution in [2.45, 2.75) is 39.0 Å². The van der Waals surface area contributed by atoms with Gasteiger partial charge in [-0.15, -0.1) is 17.0 Å². The number of benzene rings is 3. The highest BCUT2D eigenvalue weighted by molar-refractivity contribution is 8.93. The molecular weight excluding hydrogens is 467 g/mol. The average Bonchev–Trinajstić information content (AvgIpc) is 2.80. The van der Waals surface area contributed by atoms with E-state index in [4.69, 9.17) is 5.11 Å². The number of carbonyl (C=O) groups is 1. The minimum absolute atomic E-state index is 0. The molecule has 0 aromatic heterocycles. The Kier molecular flexibility index (Phi) is 10.4. The van der Waals surface area contributed by atoms with Crippen LogP contribution in [0, 0.1) is 5.92 Å². The minimum atomic E-state index is -1.73. The lowest BCUT2D eigenvalue weighted by Crippen LogP contribution is -2.33. The van der Waals surface area contributed by atoms with Gasteiger partial charge in [0, 0.05) is 0 Å². The molecule has 0 aliphatic carbocycles. The van der Waals surface area contributed by atoms with E-state index >= 15 is 0 Å². The third kappa shape index (κ3) is 6.51. The molecule has 31 heavy (non-hydrogen) atoms. The first kappa shape index (κ1) is 25.3. The van der Waals surface area contributed by atoms with Gasteiger partial charge in [0.25, 0.3) is 0 Å². The van der Waals surface area contributed by atoms with Crippen molar-refractivity contribution in [2.24, 2.45) is 5.92 Å². The van der Waals surface area contributed by atoms with Crippen LogP contribution in [0.25, 0.3) is 0 Å². The summed E-state index contributed by atoms with van der Waals surface area (Å²) in [5.41, 5.74) is 0. The van der Waals surface area contributed by atoms with Crippen LogP contribution in [0.15, 0.2) is 91.0 Å². The maximum absolute atomic E-state index is 11.0. The van der Waals surface area contributed by atoms with Gasteiger partial charge in [-0.25, -0.2) is 0 Å². The molecule has 0 saturated heterocycles. The molecule has 0 spiro atoms. The maximum Gasteiger partial charge on any atom is 0.306 e. The van der Waals surface area contributed by atoms with E-state index < -0.39 is 13.2 Å². The topological polar surface area (TPSA) is 37.3 Å². The Morgan fingerprint density at radius 1 is 0.710 bits per heavy atom. The lowest BCUT2D eigenvalue weighted by atomic mass is 10.0. The van der Waals surface area contributed by atoms with Crippen LogP contribution in [0.4, 0.5) is 0 Å². The Morgan fingerprint density at radius 2 is 1.10 bits per heavy atom. The van der Waals surface area contributed by atoms with Crippen molar-refractivity contribution < 1.29 is 9.90 Å². The van der Waals surface area contributed by atoms with Gasteiger partial charge in [0.15, 0.2) is 0 Å². The third-order valence-electron chi connectivity index (χ3n) is 5.89. The van der Waals surface area contributed by atoms with E-state index in [-0.39, 0.29) is 22.9 Å². The molecule has 0 saturated carbocycles. The predicted molar refractivity (Wildman–Crippen MR) is 140 cm³/mol. The van der Waals surface area contributed by atoms with Gasteiger partial charge in [0.1, 0.15) is 23.2 Å². The summed E-state index contributed by atoms with van der Waals surface area (Å²) in [4.78, 5) is 11.0. The Bertz CT molecular complexity index is 804. The molecule has 1 unspecified atom stereocenters. The van der Waals surface area contributed by atoms with E-state index in [9.17, 15) is 4.79 Å². The zero-order valence-corrected chi connectivity index (χ0v) is 20.8. The van der Waals surface area contributed by atoms with Crippen LogP contribution >= 0.6 is 24.2 Å². The summed E-state index contributed by atoms with van der Waals surface area (Å²) in [5, 5.41) is 13.4. The second kappa shape index (κ2) is 12.8. The number of carboxylic acids is 1. The van der Waals surface area contributed by atoms with Crippen molar-refractivity contribution in [1.29, 1.82) is 0 Å². The summed E-state index contributed by atoms with van der Waals surface area (Å²) >= 11 is 0. The molecule has 0 radical (unpaired) electrons. The molecule has 3 rings (SSSR count). The number of rotatable bonds is 11. The smallest absolute Gasteiger partial charge is 0.306 e. The van der Waals surface area contributed by atoms with Crippen molar-refractivity contribution >= 4 is 46.1 Å². The largest absolute Gasteiger partial charge is 0.481 e. The SMILES string of the molecule is Br.CC(CCCCCC[P+](c1ccccc1)(c1ccccc1)c1ccccc1)C(=O)O. The average molecular weight is 500 g/mol. The molecular formula is C27H33BrO2P+. The van der Waals surface area contributed by atoms with Crippen LogP contribution in [0.3, 0.4) is 0 Å². The van der Waals surface area contributed by atoms with Crippen LogP contribution in [0.2, 0.25) is 0 Å². The fourth-order valence-corrected chi connectivity index (χ4v) is 8.57. The zero-order chi connectivity index (χ0) is 21.2. The van der Waals surface area contributed by atoms with Crippen LogP contribution in [0.5, 0.6) is 0 Å². The van der Waals surface area contributed by atoms with Crippen LogP contribution in [-0.2, 0) is 4.79 Å². The van der Waals surface area contributed by atoms with Gasteiger partial charge in [0.05, 0.1) is 12.1 Å². The second-order valence-corrected chi connectivity index (χ2v) is 11.6. The summed E-state index contributed by atoms with van der Waals surface area (Å²) in [6.45, 7) is 1.80. The molecule has 0 aliphatic heterocycles. The van der Waals surface area contributed by atoms with E-state index in [1.807, 2.05) is 0 Å². The number of hydrogen-bond acceptors (Lipinski definition) is 1. The quantitative estimate of drug-likeness (QED) is 0.250. The van der Waals surface area contributed by atoms with E-state index in [1.165, 1.54) is 15.9 Å². The lowest BCUT2D eigenvalue weighted by molar-refractivity contribution is -0.141. The van der Waals surface area contributed by atoms with E-state index in [1.54, 1.807) is 6.92 Å². The van der Waals surface area contributed by atoms with Crippen molar-refractivity contribution in [3.63, 3.8) is 0 Å². The summed E-state index contributed by atoms with van der Waals surface area (Å²) in [7, 11) is -1.73. The van der Waals surface area contributed by atoms with Gasteiger partial charge in [-0.3, -0.25) is 4.79 Å². The number of aliphatic carboxylic acids is 1. The highest BCUT2D eigenvalue weighted by Gasteiger charge is 2.44. The van der Waals surface area contributed by atoms with E-state index in [0.29, 0.717) is 0 Å². The number of hydrogen-bond donors (Lipinski definition) is 1. The van der Waals surface area contributed by atoms with Crippen LogP contribution in [0.1, 0.15) is 39.0 Å². The van der Waals surface area contributed by atoms with Gasteiger partial charge in [-0.1, -0.05) is 74.4 Å². The lowest BCUT2D eigenvalue weighted by Gasteiger charge is -2.27. The summed E-state index contributed by atoms with van der Waals surface area (Å²) in [6, 6.07) is 33.0. The van der Waals surface area contributed by atoms with Crippen LogP contribution < -0.4 is 15.9 Å². The Balaban J connectivity index is 0.00000341. The minimum Gasteiger partial charge on any atom is -0.481 e. The molecule has 1 N–H and O–H groups in total. The molecule has 0 heterocycles. The van der Waals surface area contributed by atoms with Crippen molar-refractivity contribution in [2.75, 3.05) is 6.16 Å². The first-order chi connectivity index (χ1) is 14.6. The molecule has 4 heteroatoms. The third-order valence-corrected chi connectivity index (χ3v) is 10.4. The second-order valence-electron chi connectivity index (χ2n) is 7.98. The maximum atomic E-state index is 11.0. The first-order valence-corrected chi connectivity index (χ1v) is 12.9. The molecule has 0 aliphatic rings. The molecule has 0 bridgehead atoms. The van der Waals surface area contributed by atoms with Crippen molar-refractivity contribution in [3.05, 3.63) is 91.0 Å². The summed E-state index contributed by atoms with van der Waals surface area (Å²) in [6.07, 6.45) is 6.27. The molecule has 0 fully saturated rings. The van der Waals surface area contributed by atoms with Crippen molar-refractivity contribution in [3.8, 4) is 0 Å². The Hall–Kier alpha value is -1.96. The number of halogens is 1. The van der Waals surface area contributed by atoms with Gasteiger partial charge in [-0.2, -0.15) is 0 Å². The highest BCUT2D eigenvalue weighted by atomic mass is 79.9.